The minimum atomic E-state index is -4.54. The summed E-state index contributed by atoms with van der Waals surface area (Å²) in [4.78, 5) is 7.14. The van der Waals surface area contributed by atoms with Gasteiger partial charge in [-0.25, -0.2) is 4.98 Å². The Labute approximate surface area is 102 Å². The van der Waals surface area contributed by atoms with Crippen LogP contribution in [0, 0.1) is 0 Å². The molecule has 0 aliphatic rings. The lowest BCUT2D eigenvalue weighted by Crippen LogP contribution is -2.29. The van der Waals surface area contributed by atoms with E-state index in [1.54, 1.807) is 0 Å². The molecule has 1 heterocycles. The Kier molecular flexibility index (Phi) is 4.00. The molecular weight excluding hydrogens is 249 g/mol. The number of hydrogen-bond donors (Lipinski definition) is 3. The quantitative estimate of drug-likeness (QED) is 0.772. The van der Waals surface area contributed by atoms with Crippen molar-refractivity contribution in [3.8, 4) is 0 Å². The van der Waals surface area contributed by atoms with Crippen molar-refractivity contribution in [2.75, 3.05) is 24.2 Å². The van der Waals surface area contributed by atoms with E-state index >= 15 is 0 Å². The van der Waals surface area contributed by atoms with E-state index < -0.39 is 17.5 Å². The van der Waals surface area contributed by atoms with Crippen LogP contribution < -0.4 is 10.6 Å². The molecule has 0 aliphatic carbocycles. The highest BCUT2D eigenvalue weighted by molar-refractivity contribution is 5.43. The highest BCUT2D eigenvalue weighted by Crippen LogP contribution is 2.29. The van der Waals surface area contributed by atoms with Crippen molar-refractivity contribution in [1.82, 2.24) is 9.97 Å². The first-order valence-corrected chi connectivity index (χ1v) is 5.22. The molecule has 1 rings (SSSR count). The Morgan fingerprint density at radius 3 is 2.33 bits per heavy atom. The van der Waals surface area contributed by atoms with E-state index in [0.29, 0.717) is 0 Å². The summed E-state index contributed by atoms with van der Waals surface area (Å²) in [6.07, 6.45) is -4.54. The molecule has 102 valence electrons. The Bertz CT molecular complexity index is 415. The van der Waals surface area contributed by atoms with Gasteiger partial charge in [0.25, 0.3) is 0 Å². The second-order valence-electron chi connectivity index (χ2n) is 4.38. The van der Waals surface area contributed by atoms with Crippen LogP contribution in [-0.4, -0.2) is 34.3 Å². The van der Waals surface area contributed by atoms with Crippen LogP contribution in [0.15, 0.2) is 6.07 Å². The Hall–Kier alpha value is -1.57. The molecule has 0 saturated carbocycles. The van der Waals surface area contributed by atoms with Crippen LogP contribution >= 0.6 is 0 Å². The molecule has 0 fully saturated rings. The predicted octanol–water partition coefficient (Wildman–Crippen LogP) is 1.72. The van der Waals surface area contributed by atoms with Gasteiger partial charge in [-0.3, -0.25) is 0 Å². The second-order valence-corrected chi connectivity index (χ2v) is 4.38. The number of anilines is 2. The van der Waals surface area contributed by atoms with E-state index in [2.05, 4.69) is 20.6 Å². The third kappa shape index (κ3) is 4.36. The Morgan fingerprint density at radius 2 is 1.89 bits per heavy atom. The van der Waals surface area contributed by atoms with Crippen molar-refractivity contribution < 1.29 is 18.3 Å². The first-order valence-electron chi connectivity index (χ1n) is 5.22. The minimum absolute atomic E-state index is 0.00352. The Morgan fingerprint density at radius 1 is 1.28 bits per heavy atom. The van der Waals surface area contributed by atoms with Crippen molar-refractivity contribution in [2.45, 2.75) is 25.6 Å². The second kappa shape index (κ2) is 4.97. The average Bonchev–Trinajstić information content (AvgIpc) is 2.24. The number of nitrogens with one attached hydrogen (secondary N) is 2. The fourth-order valence-corrected chi connectivity index (χ4v) is 1.10. The molecule has 8 heteroatoms. The third-order valence-electron chi connectivity index (χ3n) is 1.94. The molecule has 5 nitrogen and oxygen atoms in total. The smallest absolute Gasteiger partial charge is 0.389 e. The van der Waals surface area contributed by atoms with Gasteiger partial charge in [-0.2, -0.15) is 18.2 Å². The van der Waals surface area contributed by atoms with Gasteiger partial charge in [0, 0.05) is 19.7 Å². The normalized spacial score (nSPS) is 12.4. The predicted molar refractivity (Wildman–Crippen MR) is 61.4 cm³/mol. The van der Waals surface area contributed by atoms with Crippen molar-refractivity contribution >= 4 is 11.8 Å². The molecule has 0 amide bonds. The molecule has 18 heavy (non-hydrogen) atoms. The number of halogens is 3. The maximum atomic E-state index is 12.6. The third-order valence-corrected chi connectivity index (χ3v) is 1.94. The number of alkyl halides is 3. The topological polar surface area (TPSA) is 70.1 Å². The monoisotopic (exact) mass is 264 g/mol. The fourth-order valence-electron chi connectivity index (χ4n) is 1.10. The van der Waals surface area contributed by atoms with Gasteiger partial charge < -0.3 is 15.7 Å². The van der Waals surface area contributed by atoms with Crippen molar-refractivity contribution in [3.63, 3.8) is 0 Å². The van der Waals surface area contributed by atoms with Crippen LogP contribution in [0.2, 0.25) is 0 Å². The summed E-state index contributed by atoms with van der Waals surface area (Å²) >= 11 is 0. The van der Waals surface area contributed by atoms with Gasteiger partial charge in [0.15, 0.2) is 5.69 Å². The lowest BCUT2D eigenvalue weighted by Gasteiger charge is -2.18. The summed E-state index contributed by atoms with van der Waals surface area (Å²) in [7, 11) is 1.43. The average molecular weight is 264 g/mol. The number of aliphatic hydroxyl groups is 1. The molecule has 3 N–H and O–H groups in total. The van der Waals surface area contributed by atoms with Crippen molar-refractivity contribution in [2.24, 2.45) is 0 Å². The largest absolute Gasteiger partial charge is 0.433 e. The van der Waals surface area contributed by atoms with Gasteiger partial charge in [0.2, 0.25) is 5.95 Å². The number of rotatable bonds is 4. The maximum Gasteiger partial charge on any atom is 0.433 e. The molecular formula is C10H15F3N4O. The highest BCUT2D eigenvalue weighted by atomic mass is 19.4. The van der Waals surface area contributed by atoms with Crippen molar-refractivity contribution in [3.05, 3.63) is 11.8 Å². The van der Waals surface area contributed by atoms with Gasteiger partial charge in [0.05, 0.1) is 5.60 Å². The van der Waals surface area contributed by atoms with E-state index in [1.807, 2.05) is 0 Å². The van der Waals surface area contributed by atoms with Gasteiger partial charge in [-0.05, 0) is 13.8 Å². The maximum absolute atomic E-state index is 12.6. The van der Waals surface area contributed by atoms with Gasteiger partial charge in [-0.1, -0.05) is 0 Å². The van der Waals surface area contributed by atoms with Crippen LogP contribution in [0.3, 0.4) is 0 Å². The summed E-state index contributed by atoms with van der Waals surface area (Å²) in [6, 6.07) is 0.798. The van der Waals surface area contributed by atoms with Gasteiger partial charge >= 0.3 is 6.18 Å². The van der Waals surface area contributed by atoms with E-state index in [4.69, 9.17) is 0 Å². The van der Waals surface area contributed by atoms with Gasteiger partial charge in [0.1, 0.15) is 5.82 Å². The van der Waals surface area contributed by atoms with Crippen LogP contribution in [-0.2, 0) is 6.18 Å². The highest BCUT2D eigenvalue weighted by Gasteiger charge is 2.33. The van der Waals surface area contributed by atoms with Crippen LogP contribution in [0.1, 0.15) is 19.5 Å². The summed E-state index contributed by atoms with van der Waals surface area (Å²) in [6.45, 7) is 3.14. The summed E-state index contributed by atoms with van der Waals surface area (Å²) < 4.78 is 37.7. The van der Waals surface area contributed by atoms with Crippen LogP contribution in [0.4, 0.5) is 24.9 Å². The minimum Gasteiger partial charge on any atom is -0.389 e. The first kappa shape index (κ1) is 14.5. The summed E-state index contributed by atoms with van der Waals surface area (Å²) in [5, 5.41) is 14.6. The molecule has 0 bridgehead atoms. The van der Waals surface area contributed by atoms with Crippen LogP contribution in [0.5, 0.6) is 0 Å². The Balaban J connectivity index is 2.98. The number of aromatic nitrogens is 2. The van der Waals surface area contributed by atoms with E-state index in [0.717, 1.165) is 6.07 Å². The number of hydrogen-bond acceptors (Lipinski definition) is 5. The fraction of sp³-hybridized carbons (Fsp3) is 0.600. The molecule has 0 atom stereocenters. The molecule has 0 radical (unpaired) electrons. The zero-order chi connectivity index (χ0) is 14.0. The van der Waals surface area contributed by atoms with Crippen molar-refractivity contribution in [1.29, 1.82) is 0 Å². The van der Waals surface area contributed by atoms with E-state index in [9.17, 15) is 18.3 Å². The summed E-state index contributed by atoms with van der Waals surface area (Å²) in [5.41, 5.74) is -2.09. The summed E-state index contributed by atoms with van der Waals surface area (Å²) in [5.74, 6) is -0.133. The zero-order valence-corrected chi connectivity index (χ0v) is 10.3. The van der Waals surface area contributed by atoms with E-state index in [-0.39, 0.29) is 18.3 Å². The lowest BCUT2D eigenvalue weighted by atomic mass is 10.1. The molecule has 0 spiro atoms. The SMILES string of the molecule is CNc1nc(NCC(C)(C)O)cc(C(F)(F)F)n1. The number of nitrogens with zero attached hydrogens (tertiary/aromatic N) is 2. The van der Waals surface area contributed by atoms with E-state index in [1.165, 1.54) is 20.9 Å². The molecule has 1 aromatic heterocycles. The molecule has 0 aliphatic heterocycles. The van der Waals surface area contributed by atoms with Gasteiger partial charge in [-0.15, -0.1) is 0 Å². The zero-order valence-electron chi connectivity index (χ0n) is 10.3. The first-order chi connectivity index (χ1) is 8.12. The standard InChI is InChI=1S/C10H15F3N4O/c1-9(2,18)5-15-7-4-6(10(11,12)13)16-8(14-3)17-7/h4,18H,5H2,1-3H3,(H2,14,15,16,17). The molecule has 0 unspecified atom stereocenters. The van der Waals surface area contributed by atoms with Crippen LogP contribution in [0.25, 0.3) is 0 Å². The molecule has 1 aromatic rings. The molecule has 0 aromatic carbocycles. The molecule has 0 saturated heterocycles. The lowest BCUT2D eigenvalue weighted by molar-refractivity contribution is -0.141.